The zero-order valence-electron chi connectivity index (χ0n) is 10.8. The van der Waals surface area contributed by atoms with E-state index in [0.717, 1.165) is 17.7 Å². The average Bonchev–Trinajstić information content (AvgIpc) is 2.90. The molecular weight excluding hydrogens is 304 g/mol. The van der Waals surface area contributed by atoms with E-state index in [1.165, 1.54) is 0 Å². The fourth-order valence-electron chi connectivity index (χ4n) is 2.29. The van der Waals surface area contributed by atoms with E-state index in [1.807, 2.05) is 17.5 Å². The summed E-state index contributed by atoms with van der Waals surface area (Å²) in [4.78, 5) is 1.13. The normalized spacial score (nSPS) is 21.0. The van der Waals surface area contributed by atoms with Gasteiger partial charge in [0.2, 0.25) is 10.0 Å². The van der Waals surface area contributed by atoms with Crippen molar-refractivity contribution in [3.8, 4) is 0 Å². The Morgan fingerprint density at radius 3 is 2.89 bits per heavy atom. The van der Waals surface area contributed by atoms with Gasteiger partial charge < -0.3 is 5.73 Å². The minimum Gasteiger partial charge on any atom is -0.330 e. The van der Waals surface area contributed by atoms with Crippen LogP contribution in [-0.2, 0) is 16.4 Å². The lowest BCUT2D eigenvalue weighted by atomic mass is 10.0. The summed E-state index contributed by atoms with van der Waals surface area (Å²) in [7, 11) is -3.12. The lowest BCUT2D eigenvalue weighted by Gasteiger charge is -2.31. The van der Waals surface area contributed by atoms with Crippen LogP contribution in [0.2, 0.25) is 0 Å². The molecule has 1 aliphatic heterocycles. The molecular formula is C12H21ClN2O2S2. The van der Waals surface area contributed by atoms with Crippen LogP contribution in [-0.4, -0.2) is 38.1 Å². The van der Waals surface area contributed by atoms with E-state index in [9.17, 15) is 8.42 Å². The summed E-state index contributed by atoms with van der Waals surface area (Å²) >= 11 is 1.61. The Morgan fingerprint density at radius 2 is 2.26 bits per heavy atom. The minimum atomic E-state index is -3.12. The Labute approximate surface area is 125 Å². The molecule has 0 aromatic carbocycles. The molecule has 0 aliphatic carbocycles. The molecule has 4 nitrogen and oxygen atoms in total. The molecule has 1 aromatic rings. The van der Waals surface area contributed by atoms with Crippen LogP contribution >= 0.6 is 23.7 Å². The highest BCUT2D eigenvalue weighted by Crippen LogP contribution is 2.19. The number of piperidine rings is 1. The van der Waals surface area contributed by atoms with Crippen molar-refractivity contribution in [2.45, 2.75) is 19.3 Å². The molecule has 2 rings (SSSR count). The van der Waals surface area contributed by atoms with Crippen LogP contribution in [0.4, 0.5) is 0 Å². The standard InChI is InChI=1S/C12H20N2O2S2.ClH/c13-9-11-3-1-6-14(10-11)18(15,16)8-5-12-4-2-7-17-12;/h2,4,7,11H,1,3,5-6,8-10,13H2;1H. The summed E-state index contributed by atoms with van der Waals surface area (Å²) in [5.74, 6) is 0.542. The first-order valence-electron chi connectivity index (χ1n) is 6.32. The number of nitrogens with zero attached hydrogens (tertiary/aromatic N) is 1. The zero-order chi connectivity index (χ0) is 13.0. The summed E-state index contributed by atoms with van der Waals surface area (Å²) in [6, 6.07) is 3.94. The van der Waals surface area contributed by atoms with Crippen LogP contribution in [0.1, 0.15) is 17.7 Å². The third-order valence-corrected chi connectivity index (χ3v) is 6.17. The van der Waals surface area contributed by atoms with E-state index in [0.29, 0.717) is 32.0 Å². The number of nitrogens with two attached hydrogens (primary N) is 1. The summed E-state index contributed by atoms with van der Waals surface area (Å²) in [5, 5.41) is 1.98. The molecule has 2 heterocycles. The Bertz CT molecular complexity index is 462. The van der Waals surface area contributed by atoms with Crippen LogP contribution < -0.4 is 5.73 Å². The van der Waals surface area contributed by atoms with Crippen molar-refractivity contribution >= 4 is 33.8 Å². The van der Waals surface area contributed by atoms with Crippen molar-refractivity contribution in [3.05, 3.63) is 22.4 Å². The Kier molecular flexibility index (Phi) is 6.76. The number of halogens is 1. The first kappa shape index (κ1) is 16.9. The maximum Gasteiger partial charge on any atom is 0.214 e. The molecule has 1 fully saturated rings. The van der Waals surface area contributed by atoms with Crippen molar-refractivity contribution in [2.24, 2.45) is 11.7 Å². The average molecular weight is 325 g/mol. The van der Waals surface area contributed by atoms with Gasteiger partial charge >= 0.3 is 0 Å². The van der Waals surface area contributed by atoms with Gasteiger partial charge in [0, 0.05) is 18.0 Å². The smallest absolute Gasteiger partial charge is 0.214 e. The topological polar surface area (TPSA) is 63.4 Å². The van der Waals surface area contributed by atoms with Crippen molar-refractivity contribution < 1.29 is 8.42 Å². The van der Waals surface area contributed by atoms with Crippen molar-refractivity contribution in [3.63, 3.8) is 0 Å². The summed E-state index contributed by atoms with van der Waals surface area (Å²) < 4.78 is 26.1. The fraction of sp³-hybridized carbons (Fsp3) is 0.667. The maximum absolute atomic E-state index is 12.2. The fourth-order valence-corrected chi connectivity index (χ4v) is 4.70. The van der Waals surface area contributed by atoms with Gasteiger partial charge in [-0.05, 0) is 43.2 Å². The van der Waals surface area contributed by atoms with E-state index in [2.05, 4.69) is 0 Å². The van der Waals surface area contributed by atoms with Gasteiger partial charge in [-0.3, -0.25) is 0 Å². The van der Waals surface area contributed by atoms with Crippen LogP contribution in [0.5, 0.6) is 0 Å². The second-order valence-electron chi connectivity index (χ2n) is 4.75. The molecule has 0 radical (unpaired) electrons. The van der Waals surface area contributed by atoms with Crippen molar-refractivity contribution in [1.29, 1.82) is 0 Å². The predicted octanol–water partition coefficient (Wildman–Crippen LogP) is 1.71. The van der Waals surface area contributed by atoms with Gasteiger partial charge in [-0.2, -0.15) is 0 Å². The Balaban J connectivity index is 0.00000180. The van der Waals surface area contributed by atoms with Gasteiger partial charge in [0.1, 0.15) is 0 Å². The molecule has 0 bridgehead atoms. The molecule has 1 unspecified atom stereocenters. The van der Waals surface area contributed by atoms with E-state index in [-0.39, 0.29) is 18.2 Å². The van der Waals surface area contributed by atoms with E-state index >= 15 is 0 Å². The third kappa shape index (κ3) is 4.72. The molecule has 0 spiro atoms. The van der Waals surface area contributed by atoms with Crippen LogP contribution in [0, 0.1) is 5.92 Å². The third-order valence-electron chi connectivity index (χ3n) is 3.39. The quantitative estimate of drug-likeness (QED) is 0.897. The second kappa shape index (κ2) is 7.59. The van der Waals surface area contributed by atoms with Gasteiger partial charge in [-0.15, -0.1) is 23.7 Å². The number of thiophene rings is 1. The van der Waals surface area contributed by atoms with Crippen molar-refractivity contribution in [2.75, 3.05) is 25.4 Å². The highest BCUT2D eigenvalue weighted by molar-refractivity contribution is 7.89. The molecule has 19 heavy (non-hydrogen) atoms. The summed E-state index contributed by atoms with van der Waals surface area (Å²) in [5.41, 5.74) is 5.64. The highest BCUT2D eigenvalue weighted by Gasteiger charge is 2.27. The van der Waals surface area contributed by atoms with Gasteiger partial charge in [-0.1, -0.05) is 6.07 Å². The Hall–Kier alpha value is -0.140. The lowest BCUT2D eigenvalue weighted by Crippen LogP contribution is -2.43. The summed E-state index contributed by atoms with van der Waals surface area (Å²) in [6.07, 6.45) is 2.59. The predicted molar refractivity (Wildman–Crippen MR) is 82.4 cm³/mol. The molecule has 0 saturated carbocycles. The summed E-state index contributed by atoms with van der Waals surface area (Å²) in [6.45, 7) is 1.84. The molecule has 0 amide bonds. The van der Waals surface area contributed by atoms with Gasteiger partial charge in [-0.25, -0.2) is 12.7 Å². The van der Waals surface area contributed by atoms with E-state index in [4.69, 9.17) is 5.73 Å². The largest absolute Gasteiger partial charge is 0.330 e. The van der Waals surface area contributed by atoms with Crippen molar-refractivity contribution in [1.82, 2.24) is 4.31 Å². The molecule has 2 N–H and O–H groups in total. The van der Waals surface area contributed by atoms with E-state index < -0.39 is 10.0 Å². The molecule has 1 atom stereocenters. The van der Waals surface area contributed by atoms with Gasteiger partial charge in [0.15, 0.2) is 0 Å². The second-order valence-corrected chi connectivity index (χ2v) is 7.87. The maximum atomic E-state index is 12.2. The molecule has 1 aromatic heterocycles. The first-order chi connectivity index (χ1) is 8.62. The highest BCUT2D eigenvalue weighted by atomic mass is 35.5. The minimum absolute atomic E-state index is 0. The monoisotopic (exact) mass is 324 g/mol. The van der Waals surface area contributed by atoms with E-state index in [1.54, 1.807) is 15.6 Å². The number of hydrogen-bond acceptors (Lipinski definition) is 4. The van der Waals surface area contributed by atoms with Crippen LogP contribution in [0.25, 0.3) is 0 Å². The number of sulfonamides is 1. The number of rotatable bonds is 5. The molecule has 1 aliphatic rings. The molecule has 7 heteroatoms. The van der Waals surface area contributed by atoms with Crippen LogP contribution in [0.3, 0.4) is 0 Å². The SMILES string of the molecule is Cl.NCC1CCCN(S(=O)(=O)CCc2cccs2)C1. The van der Waals surface area contributed by atoms with Gasteiger partial charge in [0.25, 0.3) is 0 Å². The van der Waals surface area contributed by atoms with Crippen LogP contribution in [0.15, 0.2) is 17.5 Å². The number of hydrogen-bond donors (Lipinski definition) is 1. The van der Waals surface area contributed by atoms with Gasteiger partial charge in [0.05, 0.1) is 5.75 Å². The lowest BCUT2D eigenvalue weighted by molar-refractivity contribution is 0.271. The molecule has 110 valence electrons. The number of aryl methyl sites for hydroxylation is 1. The molecule has 1 saturated heterocycles. The zero-order valence-corrected chi connectivity index (χ0v) is 13.3. The Morgan fingerprint density at radius 1 is 1.47 bits per heavy atom. The first-order valence-corrected chi connectivity index (χ1v) is 8.81.